The van der Waals surface area contributed by atoms with Crippen LogP contribution in [-0.2, 0) is 4.79 Å². The molecule has 0 aromatic heterocycles. The first kappa shape index (κ1) is 12.5. The SMILES string of the molecule is CC(C)CC(C)(CC(C)C)C(N)=O. The fourth-order valence-electron chi connectivity index (χ4n) is 2.09. The van der Waals surface area contributed by atoms with E-state index in [4.69, 9.17) is 5.73 Å². The summed E-state index contributed by atoms with van der Waals surface area (Å²) in [5, 5.41) is 0. The molecule has 0 aliphatic rings. The minimum absolute atomic E-state index is 0.157. The molecule has 0 unspecified atom stereocenters. The Morgan fingerprint density at radius 3 is 1.62 bits per heavy atom. The van der Waals surface area contributed by atoms with E-state index in [1.165, 1.54) is 0 Å². The van der Waals surface area contributed by atoms with Gasteiger partial charge in [-0.15, -0.1) is 0 Å². The molecule has 0 atom stereocenters. The molecule has 1 amide bonds. The molecule has 0 aromatic carbocycles. The lowest BCUT2D eigenvalue weighted by molar-refractivity contribution is -0.128. The van der Waals surface area contributed by atoms with E-state index in [0.29, 0.717) is 11.8 Å². The molecule has 0 aromatic rings. The summed E-state index contributed by atoms with van der Waals surface area (Å²) in [5.74, 6) is 0.891. The van der Waals surface area contributed by atoms with Crippen LogP contribution >= 0.6 is 0 Å². The average molecular weight is 185 g/mol. The largest absolute Gasteiger partial charge is 0.369 e. The Morgan fingerprint density at radius 2 is 1.46 bits per heavy atom. The van der Waals surface area contributed by atoms with Crippen LogP contribution < -0.4 is 5.73 Å². The van der Waals surface area contributed by atoms with Crippen LogP contribution in [-0.4, -0.2) is 5.91 Å². The second kappa shape index (κ2) is 4.64. The third kappa shape index (κ3) is 4.30. The summed E-state index contributed by atoms with van der Waals surface area (Å²) >= 11 is 0. The van der Waals surface area contributed by atoms with E-state index in [0.717, 1.165) is 12.8 Å². The Morgan fingerprint density at radius 1 is 1.15 bits per heavy atom. The van der Waals surface area contributed by atoms with Gasteiger partial charge in [-0.1, -0.05) is 34.6 Å². The second-order valence-electron chi connectivity index (χ2n) is 5.12. The van der Waals surface area contributed by atoms with Gasteiger partial charge in [0.1, 0.15) is 0 Å². The highest BCUT2D eigenvalue weighted by molar-refractivity contribution is 5.80. The molecule has 2 heteroatoms. The van der Waals surface area contributed by atoms with Crippen molar-refractivity contribution in [2.75, 3.05) is 0 Å². The fraction of sp³-hybridized carbons (Fsp3) is 0.909. The quantitative estimate of drug-likeness (QED) is 0.703. The number of rotatable bonds is 5. The molecule has 0 bridgehead atoms. The van der Waals surface area contributed by atoms with Crippen LogP contribution in [0.15, 0.2) is 0 Å². The van der Waals surface area contributed by atoms with Gasteiger partial charge in [0.25, 0.3) is 0 Å². The van der Waals surface area contributed by atoms with Crippen LogP contribution in [0.5, 0.6) is 0 Å². The lowest BCUT2D eigenvalue weighted by Crippen LogP contribution is -2.36. The van der Waals surface area contributed by atoms with E-state index in [9.17, 15) is 4.79 Å². The van der Waals surface area contributed by atoms with Gasteiger partial charge in [0, 0.05) is 5.41 Å². The Labute approximate surface area is 81.9 Å². The zero-order chi connectivity index (χ0) is 10.6. The van der Waals surface area contributed by atoms with Gasteiger partial charge in [-0.25, -0.2) is 0 Å². The third-order valence-corrected chi connectivity index (χ3v) is 2.31. The molecule has 13 heavy (non-hydrogen) atoms. The third-order valence-electron chi connectivity index (χ3n) is 2.31. The maximum absolute atomic E-state index is 11.3. The van der Waals surface area contributed by atoms with Crippen LogP contribution in [0.2, 0.25) is 0 Å². The van der Waals surface area contributed by atoms with Gasteiger partial charge in [-0.2, -0.15) is 0 Å². The molecule has 0 fully saturated rings. The van der Waals surface area contributed by atoms with Gasteiger partial charge in [0.15, 0.2) is 0 Å². The molecule has 0 rings (SSSR count). The number of hydrogen-bond donors (Lipinski definition) is 1. The monoisotopic (exact) mass is 185 g/mol. The number of carbonyl (C=O) groups is 1. The number of amides is 1. The minimum atomic E-state index is -0.317. The standard InChI is InChI=1S/C11H23NO/c1-8(2)6-11(5,10(12)13)7-9(3)4/h8-9H,6-7H2,1-5H3,(H2,12,13). The summed E-state index contributed by atoms with van der Waals surface area (Å²) in [4.78, 5) is 11.3. The highest BCUT2D eigenvalue weighted by atomic mass is 16.1. The zero-order valence-electron chi connectivity index (χ0n) is 9.55. The predicted molar refractivity (Wildman–Crippen MR) is 56.2 cm³/mol. The molecule has 0 saturated carbocycles. The number of carbonyl (C=O) groups excluding carboxylic acids is 1. The van der Waals surface area contributed by atoms with Crippen LogP contribution in [0.3, 0.4) is 0 Å². The first-order chi connectivity index (χ1) is 5.78. The van der Waals surface area contributed by atoms with Gasteiger partial charge in [0.05, 0.1) is 0 Å². The molecule has 2 nitrogen and oxygen atoms in total. The molecule has 0 spiro atoms. The first-order valence-corrected chi connectivity index (χ1v) is 5.08. The molecule has 2 N–H and O–H groups in total. The van der Waals surface area contributed by atoms with E-state index >= 15 is 0 Å². The lowest BCUT2D eigenvalue weighted by atomic mass is 9.75. The number of primary amides is 1. The predicted octanol–water partition coefficient (Wildman–Crippen LogP) is 2.57. The van der Waals surface area contributed by atoms with Crippen molar-refractivity contribution in [2.24, 2.45) is 23.0 Å². The molecule has 0 aliphatic carbocycles. The molecular weight excluding hydrogens is 162 g/mol. The number of hydrogen-bond acceptors (Lipinski definition) is 1. The minimum Gasteiger partial charge on any atom is -0.369 e. The van der Waals surface area contributed by atoms with Crippen LogP contribution in [0.4, 0.5) is 0 Å². The molecule has 0 aliphatic heterocycles. The summed E-state index contributed by atoms with van der Waals surface area (Å²) in [7, 11) is 0. The maximum Gasteiger partial charge on any atom is 0.223 e. The van der Waals surface area contributed by atoms with E-state index < -0.39 is 0 Å². The first-order valence-electron chi connectivity index (χ1n) is 5.08. The summed E-state index contributed by atoms with van der Waals surface area (Å²) in [5.41, 5.74) is 5.11. The smallest absolute Gasteiger partial charge is 0.223 e. The fourth-order valence-corrected chi connectivity index (χ4v) is 2.09. The Bertz CT molecular complexity index is 163. The van der Waals surface area contributed by atoms with E-state index in [1.54, 1.807) is 0 Å². The van der Waals surface area contributed by atoms with E-state index in [-0.39, 0.29) is 11.3 Å². The summed E-state index contributed by atoms with van der Waals surface area (Å²) in [6.07, 6.45) is 1.78. The van der Waals surface area contributed by atoms with Gasteiger partial charge < -0.3 is 5.73 Å². The Kier molecular flexibility index (Phi) is 4.45. The van der Waals surface area contributed by atoms with Crippen LogP contribution in [0.25, 0.3) is 0 Å². The van der Waals surface area contributed by atoms with Crippen molar-refractivity contribution < 1.29 is 4.79 Å². The topological polar surface area (TPSA) is 43.1 Å². The van der Waals surface area contributed by atoms with Crippen molar-refractivity contribution >= 4 is 5.91 Å². The van der Waals surface area contributed by atoms with Crippen molar-refractivity contribution in [3.05, 3.63) is 0 Å². The lowest BCUT2D eigenvalue weighted by Gasteiger charge is -2.29. The molecule has 0 radical (unpaired) electrons. The molecule has 0 saturated heterocycles. The van der Waals surface area contributed by atoms with E-state index in [1.807, 2.05) is 6.92 Å². The summed E-state index contributed by atoms with van der Waals surface area (Å²) in [6, 6.07) is 0. The molecule has 0 heterocycles. The summed E-state index contributed by atoms with van der Waals surface area (Å²) in [6.45, 7) is 10.5. The van der Waals surface area contributed by atoms with Crippen molar-refractivity contribution in [1.82, 2.24) is 0 Å². The Balaban J connectivity index is 4.43. The molecule has 78 valence electrons. The normalized spacial score (nSPS) is 12.5. The summed E-state index contributed by atoms with van der Waals surface area (Å²) < 4.78 is 0. The average Bonchev–Trinajstić information content (AvgIpc) is 1.82. The van der Waals surface area contributed by atoms with Gasteiger partial charge in [-0.05, 0) is 24.7 Å². The highest BCUT2D eigenvalue weighted by Crippen LogP contribution is 2.32. The maximum atomic E-state index is 11.3. The number of nitrogens with two attached hydrogens (primary N) is 1. The van der Waals surface area contributed by atoms with Gasteiger partial charge in [-0.3, -0.25) is 4.79 Å². The molecular formula is C11H23NO. The Hall–Kier alpha value is -0.530. The van der Waals surface area contributed by atoms with Gasteiger partial charge in [0.2, 0.25) is 5.91 Å². The zero-order valence-corrected chi connectivity index (χ0v) is 9.55. The van der Waals surface area contributed by atoms with Crippen molar-refractivity contribution in [3.63, 3.8) is 0 Å². The second-order valence-corrected chi connectivity index (χ2v) is 5.12. The van der Waals surface area contributed by atoms with E-state index in [2.05, 4.69) is 27.7 Å². The van der Waals surface area contributed by atoms with Crippen LogP contribution in [0, 0.1) is 17.3 Å². The van der Waals surface area contributed by atoms with Gasteiger partial charge >= 0.3 is 0 Å². The van der Waals surface area contributed by atoms with Crippen molar-refractivity contribution in [3.8, 4) is 0 Å². The van der Waals surface area contributed by atoms with Crippen LogP contribution in [0.1, 0.15) is 47.5 Å². The van der Waals surface area contributed by atoms with Crippen molar-refractivity contribution in [2.45, 2.75) is 47.5 Å². The van der Waals surface area contributed by atoms with Crippen molar-refractivity contribution in [1.29, 1.82) is 0 Å². The highest BCUT2D eigenvalue weighted by Gasteiger charge is 2.32.